The molecule has 1 aromatic rings. The first-order chi connectivity index (χ1) is 12.4. The van der Waals surface area contributed by atoms with E-state index in [-0.39, 0.29) is 0 Å². The fraction of sp³-hybridized carbons (Fsp3) is 0.526. The molecule has 2 N–H and O–H groups in total. The molecule has 0 aromatic heterocycles. The zero-order chi connectivity index (χ0) is 19.4. The second-order valence-electron chi connectivity index (χ2n) is 6.15. The molecule has 1 saturated carbocycles. The highest BCUT2D eigenvalue weighted by Crippen LogP contribution is 2.22. The van der Waals surface area contributed by atoms with Gasteiger partial charge in [0.1, 0.15) is 0 Å². The van der Waals surface area contributed by atoms with Crippen LogP contribution in [0.5, 0.6) is 0 Å². The van der Waals surface area contributed by atoms with E-state index in [1.807, 2.05) is 6.07 Å². The Balaban J connectivity index is 0.000000765. The van der Waals surface area contributed by atoms with E-state index < -0.39 is 24.3 Å². The van der Waals surface area contributed by atoms with E-state index in [4.69, 9.17) is 19.4 Å². The SMILES string of the molecule is CC(=O)O.CC(OC(=O)NCC1CCCCC1)OC(=O)c1ccccc1. The maximum Gasteiger partial charge on any atom is 0.410 e. The molecule has 7 nitrogen and oxygen atoms in total. The van der Waals surface area contributed by atoms with Gasteiger partial charge in [-0.3, -0.25) is 4.79 Å². The maximum absolute atomic E-state index is 11.8. The molecular weight excluding hydrogens is 338 g/mol. The largest absolute Gasteiger partial charge is 0.481 e. The molecule has 0 heterocycles. The van der Waals surface area contributed by atoms with E-state index in [1.165, 1.54) is 26.2 Å². The number of aliphatic carboxylic acids is 1. The molecular formula is C19H27NO6. The Kier molecular flexibility index (Phi) is 9.82. The molecule has 1 aromatic carbocycles. The van der Waals surface area contributed by atoms with Gasteiger partial charge in [0, 0.05) is 20.4 Å². The van der Waals surface area contributed by atoms with Crippen LogP contribution in [0.3, 0.4) is 0 Å². The van der Waals surface area contributed by atoms with Crippen molar-refractivity contribution in [3.63, 3.8) is 0 Å². The molecule has 0 spiro atoms. The number of carboxylic acids is 1. The van der Waals surface area contributed by atoms with Gasteiger partial charge in [0.15, 0.2) is 0 Å². The lowest BCUT2D eigenvalue weighted by atomic mass is 9.89. The van der Waals surface area contributed by atoms with E-state index in [2.05, 4.69) is 5.32 Å². The highest BCUT2D eigenvalue weighted by atomic mass is 16.7. The number of hydrogen-bond acceptors (Lipinski definition) is 5. The number of esters is 1. The van der Waals surface area contributed by atoms with Gasteiger partial charge in [0.2, 0.25) is 6.29 Å². The highest BCUT2D eigenvalue weighted by Gasteiger charge is 2.17. The zero-order valence-corrected chi connectivity index (χ0v) is 15.3. The lowest BCUT2D eigenvalue weighted by Gasteiger charge is -2.22. The molecule has 7 heteroatoms. The molecule has 1 fully saturated rings. The summed E-state index contributed by atoms with van der Waals surface area (Å²) in [5.74, 6) is -0.809. The Morgan fingerprint density at radius 3 is 2.27 bits per heavy atom. The Labute approximate surface area is 153 Å². The number of hydrogen-bond donors (Lipinski definition) is 2. The third-order valence-electron chi connectivity index (χ3n) is 3.82. The van der Waals surface area contributed by atoms with Crippen molar-refractivity contribution in [2.75, 3.05) is 6.54 Å². The van der Waals surface area contributed by atoms with E-state index in [9.17, 15) is 9.59 Å². The number of carbonyl (C=O) groups is 3. The first kappa shape index (κ1) is 21.5. The number of rotatable bonds is 5. The van der Waals surface area contributed by atoms with Crippen molar-refractivity contribution in [2.45, 2.75) is 52.2 Å². The average molecular weight is 365 g/mol. The fourth-order valence-corrected chi connectivity index (χ4v) is 2.63. The van der Waals surface area contributed by atoms with E-state index in [1.54, 1.807) is 24.3 Å². The summed E-state index contributed by atoms with van der Waals surface area (Å²) in [7, 11) is 0. The molecule has 0 saturated heterocycles. The molecule has 1 amide bonds. The van der Waals surface area contributed by atoms with Gasteiger partial charge in [0.25, 0.3) is 5.97 Å². The first-order valence-electron chi connectivity index (χ1n) is 8.78. The summed E-state index contributed by atoms with van der Waals surface area (Å²) >= 11 is 0. The normalized spacial score (nSPS) is 15.0. The van der Waals surface area contributed by atoms with E-state index in [0.717, 1.165) is 19.8 Å². The summed E-state index contributed by atoms with van der Waals surface area (Å²) in [4.78, 5) is 32.5. The smallest absolute Gasteiger partial charge is 0.410 e. The highest BCUT2D eigenvalue weighted by molar-refractivity contribution is 5.89. The van der Waals surface area contributed by atoms with Crippen molar-refractivity contribution >= 4 is 18.0 Å². The zero-order valence-electron chi connectivity index (χ0n) is 15.3. The predicted molar refractivity (Wildman–Crippen MR) is 95.7 cm³/mol. The molecule has 1 aliphatic rings. The number of carboxylic acid groups (broad SMARTS) is 1. The molecule has 1 atom stereocenters. The summed E-state index contributed by atoms with van der Waals surface area (Å²) in [6.07, 6.45) is 4.59. The van der Waals surface area contributed by atoms with Gasteiger partial charge in [-0.2, -0.15) is 0 Å². The van der Waals surface area contributed by atoms with Crippen LogP contribution in [0.4, 0.5) is 4.79 Å². The number of nitrogens with one attached hydrogen (secondary N) is 1. The third kappa shape index (κ3) is 9.66. The van der Waals surface area contributed by atoms with Crippen molar-refractivity contribution in [1.82, 2.24) is 5.32 Å². The van der Waals surface area contributed by atoms with E-state index >= 15 is 0 Å². The van der Waals surface area contributed by atoms with Gasteiger partial charge in [-0.1, -0.05) is 37.5 Å². The van der Waals surface area contributed by atoms with Crippen LogP contribution in [-0.4, -0.2) is 36.0 Å². The number of benzene rings is 1. The van der Waals surface area contributed by atoms with E-state index in [0.29, 0.717) is 18.0 Å². The quantitative estimate of drug-likeness (QED) is 0.611. The first-order valence-corrected chi connectivity index (χ1v) is 8.78. The summed E-state index contributed by atoms with van der Waals surface area (Å²) in [5, 5.41) is 10.2. The van der Waals surface area contributed by atoms with Crippen LogP contribution in [0, 0.1) is 5.92 Å². The number of carbonyl (C=O) groups excluding carboxylic acids is 2. The summed E-state index contributed by atoms with van der Waals surface area (Å²) in [6.45, 7) is 3.24. The van der Waals surface area contributed by atoms with Gasteiger partial charge in [0.05, 0.1) is 5.56 Å². The summed E-state index contributed by atoms with van der Waals surface area (Å²) in [5.41, 5.74) is 0.431. The van der Waals surface area contributed by atoms with Crippen LogP contribution in [0.15, 0.2) is 30.3 Å². The van der Waals surface area contributed by atoms with Crippen LogP contribution in [0.1, 0.15) is 56.3 Å². The predicted octanol–water partition coefficient (Wildman–Crippen LogP) is 3.59. The molecule has 1 aliphatic carbocycles. The lowest BCUT2D eigenvalue weighted by molar-refractivity contribution is -0.134. The minimum absolute atomic E-state index is 0.431. The van der Waals surface area contributed by atoms with Gasteiger partial charge in [-0.05, 0) is 30.9 Å². The Hall–Kier alpha value is -2.57. The minimum atomic E-state index is -0.918. The molecule has 2 rings (SSSR count). The summed E-state index contributed by atoms with van der Waals surface area (Å²) < 4.78 is 10.1. The Morgan fingerprint density at radius 1 is 1.12 bits per heavy atom. The van der Waals surface area contributed by atoms with Crippen LogP contribution in [-0.2, 0) is 14.3 Å². The van der Waals surface area contributed by atoms with Crippen LogP contribution in [0.25, 0.3) is 0 Å². The topological polar surface area (TPSA) is 102 Å². The minimum Gasteiger partial charge on any atom is -0.481 e. The van der Waals surface area contributed by atoms with Crippen molar-refractivity contribution in [1.29, 1.82) is 0 Å². The van der Waals surface area contributed by atoms with Crippen molar-refractivity contribution < 1.29 is 29.0 Å². The average Bonchev–Trinajstić information content (AvgIpc) is 2.61. The number of ether oxygens (including phenoxy) is 2. The van der Waals surface area contributed by atoms with Crippen LogP contribution < -0.4 is 5.32 Å². The van der Waals surface area contributed by atoms with Gasteiger partial charge < -0.3 is 19.9 Å². The van der Waals surface area contributed by atoms with Gasteiger partial charge in [-0.25, -0.2) is 9.59 Å². The van der Waals surface area contributed by atoms with Crippen LogP contribution in [0.2, 0.25) is 0 Å². The Bertz CT molecular complexity index is 565. The maximum atomic E-state index is 11.8. The second kappa shape index (κ2) is 11.9. The Morgan fingerprint density at radius 2 is 1.69 bits per heavy atom. The number of alkyl carbamates (subject to hydrolysis) is 1. The molecule has 0 bridgehead atoms. The number of amides is 1. The van der Waals surface area contributed by atoms with Crippen molar-refractivity contribution in [2.24, 2.45) is 5.92 Å². The lowest BCUT2D eigenvalue weighted by Crippen LogP contribution is -2.34. The molecule has 0 radical (unpaired) electrons. The molecule has 26 heavy (non-hydrogen) atoms. The standard InChI is InChI=1S/C17H23NO4.C2H4O2/c1-13(21-16(19)15-10-6-3-7-11-15)22-17(20)18-12-14-8-4-2-5-9-14;1-2(3)4/h3,6-7,10-11,13-14H,2,4-5,8-9,12H2,1H3,(H,18,20);1H3,(H,3,4). The second-order valence-corrected chi connectivity index (χ2v) is 6.15. The molecule has 0 aliphatic heterocycles. The van der Waals surface area contributed by atoms with Crippen LogP contribution >= 0.6 is 0 Å². The van der Waals surface area contributed by atoms with Crippen molar-refractivity contribution in [3.05, 3.63) is 35.9 Å². The van der Waals surface area contributed by atoms with Crippen molar-refractivity contribution in [3.8, 4) is 0 Å². The summed E-state index contributed by atoms with van der Waals surface area (Å²) in [6, 6.07) is 8.61. The molecule has 144 valence electrons. The monoisotopic (exact) mass is 365 g/mol. The van der Waals surface area contributed by atoms with Gasteiger partial charge >= 0.3 is 12.1 Å². The fourth-order valence-electron chi connectivity index (χ4n) is 2.63. The molecule has 1 unspecified atom stereocenters. The van der Waals surface area contributed by atoms with Gasteiger partial charge in [-0.15, -0.1) is 0 Å². The third-order valence-corrected chi connectivity index (χ3v) is 3.82.